The van der Waals surface area contributed by atoms with E-state index in [9.17, 15) is 13.6 Å². The van der Waals surface area contributed by atoms with Crippen molar-refractivity contribution in [3.05, 3.63) is 64.7 Å². The molecule has 5 rings (SSSR count). The fourth-order valence-electron chi connectivity index (χ4n) is 4.92. The smallest absolute Gasteiger partial charge is 0.223 e. The molecule has 2 atom stereocenters. The summed E-state index contributed by atoms with van der Waals surface area (Å²) in [5.41, 5.74) is 4.10. The largest absolute Gasteiger partial charge is 0.363 e. The predicted molar refractivity (Wildman–Crippen MR) is 94.9 cm³/mol. The number of para-hydroxylation sites is 1. The van der Waals surface area contributed by atoms with Gasteiger partial charge in [0.1, 0.15) is 11.6 Å². The van der Waals surface area contributed by atoms with Crippen molar-refractivity contribution >= 4 is 11.6 Å². The maximum Gasteiger partial charge on any atom is 0.223 e. The van der Waals surface area contributed by atoms with E-state index in [0.717, 1.165) is 37.7 Å². The van der Waals surface area contributed by atoms with Crippen LogP contribution in [0, 0.1) is 11.6 Å². The van der Waals surface area contributed by atoms with Crippen molar-refractivity contribution in [3.63, 3.8) is 0 Å². The molecule has 0 N–H and O–H groups in total. The minimum Gasteiger partial charge on any atom is -0.363 e. The van der Waals surface area contributed by atoms with Crippen LogP contribution in [0.1, 0.15) is 48.0 Å². The number of likely N-dealkylation sites (tertiary alicyclic amines) is 1. The van der Waals surface area contributed by atoms with Crippen molar-refractivity contribution in [3.8, 4) is 0 Å². The van der Waals surface area contributed by atoms with E-state index in [1.807, 2.05) is 4.90 Å². The summed E-state index contributed by atoms with van der Waals surface area (Å²) in [5, 5.41) is 0. The molecule has 26 heavy (non-hydrogen) atoms. The van der Waals surface area contributed by atoms with Crippen molar-refractivity contribution in [1.29, 1.82) is 0 Å². The van der Waals surface area contributed by atoms with Gasteiger partial charge in [-0.05, 0) is 36.5 Å². The average molecular weight is 354 g/mol. The highest BCUT2D eigenvalue weighted by Crippen LogP contribution is 2.51. The van der Waals surface area contributed by atoms with Crippen LogP contribution >= 0.6 is 0 Å². The van der Waals surface area contributed by atoms with Crippen LogP contribution in [0.5, 0.6) is 0 Å². The zero-order valence-corrected chi connectivity index (χ0v) is 14.4. The molecule has 3 aliphatic rings. The van der Waals surface area contributed by atoms with E-state index < -0.39 is 11.6 Å². The minimum absolute atomic E-state index is 0.0382. The number of amides is 1. The predicted octanol–water partition coefficient (Wildman–Crippen LogP) is 4.14. The zero-order valence-electron chi connectivity index (χ0n) is 14.4. The second-order valence-electron chi connectivity index (χ2n) is 7.42. The third-order valence-corrected chi connectivity index (χ3v) is 6.05. The van der Waals surface area contributed by atoms with Gasteiger partial charge in [0.05, 0.1) is 12.1 Å². The SMILES string of the molecule is O=C1CCCN1C1CC(c2ccc(F)cc2F)N2CCc3cccc1c32. The number of anilines is 1. The Kier molecular flexibility index (Phi) is 3.52. The van der Waals surface area contributed by atoms with Gasteiger partial charge >= 0.3 is 0 Å². The van der Waals surface area contributed by atoms with Gasteiger partial charge in [0, 0.05) is 36.8 Å². The molecule has 0 spiro atoms. The molecule has 0 bridgehead atoms. The van der Waals surface area contributed by atoms with Gasteiger partial charge in [0.25, 0.3) is 0 Å². The second kappa shape index (κ2) is 5.79. The van der Waals surface area contributed by atoms with E-state index in [0.29, 0.717) is 18.4 Å². The van der Waals surface area contributed by atoms with Gasteiger partial charge in [-0.25, -0.2) is 8.78 Å². The molecular weight excluding hydrogens is 334 g/mol. The Morgan fingerprint density at radius 1 is 0.923 bits per heavy atom. The van der Waals surface area contributed by atoms with Gasteiger partial charge < -0.3 is 9.80 Å². The molecule has 5 heteroatoms. The lowest BCUT2D eigenvalue weighted by Gasteiger charge is -2.43. The van der Waals surface area contributed by atoms with E-state index in [1.54, 1.807) is 6.07 Å². The summed E-state index contributed by atoms with van der Waals surface area (Å²) in [6.45, 7) is 1.58. The first-order valence-electron chi connectivity index (χ1n) is 9.26. The highest BCUT2D eigenvalue weighted by molar-refractivity contribution is 5.80. The summed E-state index contributed by atoms with van der Waals surface area (Å²) >= 11 is 0. The van der Waals surface area contributed by atoms with Crippen LogP contribution in [0.4, 0.5) is 14.5 Å². The first-order chi connectivity index (χ1) is 12.6. The van der Waals surface area contributed by atoms with E-state index in [4.69, 9.17) is 0 Å². The Labute approximate surface area is 151 Å². The molecule has 1 fully saturated rings. The average Bonchev–Trinajstić information content (AvgIpc) is 3.24. The lowest BCUT2D eigenvalue weighted by atomic mass is 9.86. The third kappa shape index (κ3) is 2.26. The summed E-state index contributed by atoms with van der Waals surface area (Å²) in [4.78, 5) is 16.6. The Morgan fingerprint density at radius 2 is 1.77 bits per heavy atom. The topological polar surface area (TPSA) is 23.6 Å². The normalized spacial score (nSPS) is 24.3. The maximum atomic E-state index is 14.6. The number of hydrogen-bond acceptors (Lipinski definition) is 2. The Bertz CT molecular complexity index is 898. The number of nitrogens with zero attached hydrogens (tertiary/aromatic N) is 2. The highest BCUT2D eigenvalue weighted by Gasteiger charge is 2.42. The summed E-state index contributed by atoms with van der Waals surface area (Å²) < 4.78 is 28.0. The number of rotatable bonds is 2. The number of carbonyl (C=O) groups is 1. The molecule has 2 aromatic carbocycles. The van der Waals surface area contributed by atoms with Crippen LogP contribution in [0.15, 0.2) is 36.4 Å². The minimum atomic E-state index is -0.559. The second-order valence-corrected chi connectivity index (χ2v) is 7.42. The van der Waals surface area contributed by atoms with Gasteiger partial charge in [-0.3, -0.25) is 4.79 Å². The maximum absolute atomic E-state index is 14.6. The molecule has 134 valence electrons. The van der Waals surface area contributed by atoms with Crippen LogP contribution in [0.3, 0.4) is 0 Å². The molecule has 1 amide bonds. The van der Waals surface area contributed by atoms with Gasteiger partial charge in [-0.1, -0.05) is 24.3 Å². The van der Waals surface area contributed by atoms with Crippen molar-refractivity contribution in [2.24, 2.45) is 0 Å². The first-order valence-corrected chi connectivity index (χ1v) is 9.26. The van der Waals surface area contributed by atoms with Crippen LogP contribution < -0.4 is 4.90 Å². The molecule has 0 aromatic heterocycles. The third-order valence-electron chi connectivity index (χ3n) is 6.05. The zero-order chi connectivity index (χ0) is 17.8. The molecule has 2 unspecified atom stereocenters. The van der Waals surface area contributed by atoms with E-state index >= 15 is 0 Å². The molecule has 3 heterocycles. The Balaban J connectivity index is 1.64. The van der Waals surface area contributed by atoms with Gasteiger partial charge in [0.2, 0.25) is 5.91 Å². The molecule has 0 aliphatic carbocycles. The summed E-state index contributed by atoms with van der Waals surface area (Å²) in [6, 6.07) is 9.91. The molecule has 3 aliphatic heterocycles. The molecule has 3 nitrogen and oxygen atoms in total. The van der Waals surface area contributed by atoms with Crippen molar-refractivity contribution in [1.82, 2.24) is 4.90 Å². The van der Waals surface area contributed by atoms with Crippen molar-refractivity contribution in [2.45, 2.75) is 37.8 Å². The van der Waals surface area contributed by atoms with Crippen molar-refractivity contribution < 1.29 is 13.6 Å². The quantitative estimate of drug-likeness (QED) is 0.809. The molecular formula is C21H20F2N2O. The number of halogens is 2. The summed E-state index contributed by atoms with van der Waals surface area (Å²) in [5.74, 6) is -0.887. The lowest BCUT2D eigenvalue weighted by Crippen LogP contribution is -2.40. The van der Waals surface area contributed by atoms with Gasteiger partial charge in [0.15, 0.2) is 0 Å². The van der Waals surface area contributed by atoms with E-state index in [2.05, 4.69) is 23.1 Å². The molecule has 0 saturated carbocycles. The number of hydrogen-bond donors (Lipinski definition) is 0. The Morgan fingerprint density at radius 3 is 2.54 bits per heavy atom. The number of carbonyl (C=O) groups excluding carboxylic acids is 1. The van der Waals surface area contributed by atoms with E-state index in [1.165, 1.54) is 17.2 Å². The fraction of sp³-hybridized carbons (Fsp3) is 0.381. The van der Waals surface area contributed by atoms with Crippen LogP contribution in [-0.4, -0.2) is 23.9 Å². The van der Waals surface area contributed by atoms with Crippen molar-refractivity contribution in [2.75, 3.05) is 18.0 Å². The van der Waals surface area contributed by atoms with E-state index in [-0.39, 0.29) is 18.0 Å². The van der Waals surface area contributed by atoms with Crippen LogP contribution in [0.2, 0.25) is 0 Å². The van der Waals surface area contributed by atoms with Gasteiger partial charge in [-0.2, -0.15) is 0 Å². The molecule has 1 saturated heterocycles. The number of benzene rings is 2. The first kappa shape index (κ1) is 15.8. The van der Waals surface area contributed by atoms with Crippen LogP contribution in [-0.2, 0) is 11.2 Å². The van der Waals surface area contributed by atoms with Gasteiger partial charge in [-0.15, -0.1) is 0 Å². The lowest BCUT2D eigenvalue weighted by molar-refractivity contribution is -0.130. The highest BCUT2D eigenvalue weighted by atomic mass is 19.1. The standard InChI is InChI=1S/C21H20F2N2O/c22-14-6-7-15(17(23)11-14)18-12-19(24-9-2-5-20(24)26)16-4-1-3-13-8-10-25(18)21(13)16/h1,3-4,6-7,11,18-19H,2,5,8-10,12H2. The summed E-state index contributed by atoms with van der Waals surface area (Å²) in [6.07, 6.45) is 3.03. The fourth-order valence-corrected chi connectivity index (χ4v) is 4.92. The summed E-state index contributed by atoms with van der Waals surface area (Å²) in [7, 11) is 0. The molecule has 0 radical (unpaired) electrons. The van der Waals surface area contributed by atoms with Crippen LogP contribution in [0.25, 0.3) is 0 Å². The Hall–Kier alpha value is -2.43. The monoisotopic (exact) mass is 354 g/mol. The molecule has 2 aromatic rings.